The number of methoxy groups -OCH3 is 2. The summed E-state index contributed by atoms with van der Waals surface area (Å²) in [7, 11) is -1.34. The lowest BCUT2D eigenvalue weighted by Gasteiger charge is -2.23. The van der Waals surface area contributed by atoms with Gasteiger partial charge in [0.2, 0.25) is 0 Å². The Bertz CT molecular complexity index is 2090. The molecule has 14 heteroatoms. The normalized spacial score (nSPS) is 16.3. The molecule has 0 saturated heterocycles. The largest absolute Gasteiger partial charge is 0.497 e. The smallest absolute Gasteiger partial charge is 0.392 e. The molecule has 0 bridgehead atoms. The quantitative estimate of drug-likeness (QED) is 0.176. The highest BCUT2D eigenvalue weighted by molar-refractivity contribution is 7.92. The highest BCUT2D eigenvalue weighted by Crippen LogP contribution is 2.58. The van der Waals surface area contributed by atoms with Gasteiger partial charge in [-0.05, 0) is 84.1 Å². The Labute approximate surface area is 266 Å². The molecule has 5 aromatic rings. The van der Waals surface area contributed by atoms with E-state index in [1.807, 2.05) is 0 Å². The summed E-state index contributed by atoms with van der Waals surface area (Å²) in [4.78, 5) is 13.1. The second-order valence-electron chi connectivity index (χ2n) is 10.7. The summed E-state index contributed by atoms with van der Waals surface area (Å²) < 4.78 is 81.2. The van der Waals surface area contributed by atoms with E-state index in [0.717, 1.165) is 4.31 Å². The molecule has 0 amide bonds. The zero-order valence-electron chi connectivity index (χ0n) is 24.4. The van der Waals surface area contributed by atoms with Gasteiger partial charge in [0, 0.05) is 22.7 Å². The third-order valence-electron chi connectivity index (χ3n) is 7.90. The number of anilines is 1. The summed E-state index contributed by atoms with van der Waals surface area (Å²) in [5.41, 5.74) is 1.00. The van der Waals surface area contributed by atoms with E-state index in [0.29, 0.717) is 22.2 Å². The molecule has 0 aliphatic heterocycles. The van der Waals surface area contributed by atoms with Crippen molar-refractivity contribution in [2.45, 2.75) is 30.0 Å². The number of benzene rings is 3. The van der Waals surface area contributed by atoms with Gasteiger partial charge in [-0.15, -0.1) is 5.10 Å². The van der Waals surface area contributed by atoms with E-state index in [2.05, 4.69) is 10.2 Å². The standard InChI is InChI=1S/C32H26ClF3N4O5S/c1-44-21-8-5-19(6-9-21)18-39(30-4-3-13-37-38-30)46(42,43)22-10-11-27-20(14-22)7-12-31(41)40(27)28-17-26(33)24(16-29(28)45-2)23-15-25(23)32(34,35)36/h3-14,16-17,23,25H,15,18H2,1-2H3. The molecule has 2 aromatic heterocycles. The van der Waals surface area contributed by atoms with Crippen LogP contribution in [0.5, 0.6) is 11.5 Å². The van der Waals surface area contributed by atoms with E-state index in [-0.39, 0.29) is 45.7 Å². The van der Waals surface area contributed by atoms with Crippen molar-refractivity contribution in [3.63, 3.8) is 0 Å². The first-order valence-electron chi connectivity index (χ1n) is 14.0. The molecule has 1 saturated carbocycles. The first-order chi connectivity index (χ1) is 21.9. The maximum absolute atomic E-state index is 14.1. The minimum Gasteiger partial charge on any atom is -0.497 e. The van der Waals surface area contributed by atoms with Crippen LogP contribution in [0.15, 0.2) is 94.7 Å². The third kappa shape index (κ3) is 5.87. The van der Waals surface area contributed by atoms with Crippen molar-refractivity contribution in [1.29, 1.82) is 0 Å². The van der Waals surface area contributed by atoms with E-state index in [1.165, 1.54) is 73.5 Å². The number of nitrogens with zero attached hydrogens (tertiary/aromatic N) is 4. The lowest BCUT2D eigenvalue weighted by atomic mass is 10.1. The Morgan fingerprint density at radius 3 is 2.39 bits per heavy atom. The van der Waals surface area contributed by atoms with E-state index in [1.54, 1.807) is 30.3 Å². The summed E-state index contributed by atoms with van der Waals surface area (Å²) in [5.74, 6) is -1.43. The summed E-state index contributed by atoms with van der Waals surface area (Å²) in [6.07, 6.45) is -2.99. The molecule has 1 fully saturated rings. The molecule has 2 atom stereocenters. The van der Waals surface area contributed by atoms with Crippen LogP contribution in [-0.2, 0) is 16.6 Å². The minimum atomic E-state index is -4.35. The van der Waals surface area contributed by atoms with Gasteiger partial charge in [-0.1, -0.05) is 23.7 Å². The highest BCUT2D eigenvalue weighted by atomic mass is 35.5. The van der Waals surface area contributed by atoms with E-state index in [4.69, 9.17) is 21.1 Å². The van der Waals surface area contributed by atoms with Crippen molar-refractivity contribution < 1.29 is 31.1 Å². The number of alkyl halides is 3. The van der Waals surface area contributed by atoms with E-state index >= 15 is 0 Å². The van der Waals surface area contributed by atoms with Gasteiger partial charge in [0.1, 0.15) is 11.5 Å². The molecule has 2 heterocycles. The van der Waals surface area contributed by atoms with Crippen LogP contribution in [0.25, 0.3) is 16.6 Å². The average Bonchev–Trinajstić information content (AvgIpc) is 3.86. The van der Waals surface area contributed by atoms with Gasteiger partial charge < -0.3 is 9.47 Å². The summed E-state index contributed by atoms with van der Waals surface area (Å²) >= 11 is 6.48. The van der Waals surface area contributed by atoms with E-state index < -0.39 is 33.6 Å². The molecule has 1 aliphatic carbocycles. The summed E-state index contributed by atoms with van der Waals surface area (Å²) in [5, 5.41) is 8.35. The molecule has 6 rings (SSSR count). The highest BCUT2D eigenvalue weighted by Gasteiger charge is 2.56. The average molecular weight is 671 g/mol. The van der Waals surface area contributed by atoms with Gasteiger partial charge >= 0.3 is 6.18 Å². The summed E-state index contributed by atoms with van der Waals surface area (Å²) in [6.45, 7) is -0.0548. The van der Waals surface area contributed by atoms with Gasteiger partial charge in [0.15, 0.2) is 5.82 Å². The fourth-order valence-corrected chi connectivity index (χ4v) is 7.19. The first-order valence-corrected chi connectivity index (χ1v) is 15.8. The molecule has 46 heavy (non-hydrogen) atoms. The SMILES string of the molecule is COc1ccc(CN(c2cccnn2)S(=O)(=O)c2ccc3c(ccc(=O)n3-c3cc(Cl)c(C4CC4C(F)(F)F)cc3OC)c2)cc1. The number of ether oxygens (including phenoxy) is 2. The predicted molar refractivity (Wildman–Crippen MR) is 166 cm³/mol. The maximum atomic E-state index is 14.1. The Morgan fingerprint density at radius 1 is 1.00 bits per heavy atom. The predicted octanol–water partition coefficient (Wildman–Crippen LogP) is 6.51. The fourth-order valence-electron chi connectivity index (χ4n) is 5.45. The molecule has 238 valence electrons. The molecule has 1 aliphatic rings. The molecular weight excluding hydrogens is 645 g/mol. The zero-order valence-corrected chi connectivity index (χ0v) is 26.0. The number of pyridine rings is 1. The minimum absolute atomic E-state index is 0.0548. The molecule has 0 radical (unpaired) electrons. The number of aromatic nitrogens is 3. The third-order valence-corrected chi connectivity index (χ3v) is 9.98. The van der Waals surface area contributed by atoms with Crippen LogP contribution in [-0.4, -0.2) is 43.6 Å². The molecule has 3 aromatic carbocycles. The lowest BCUT2D eigenvalue weighted by Crippen LogP contribution is -2.31. The van der Waals surface area contributed by atoms with Gasteiger partial charge in [0.25, 0.3) is 15.6 Å². The number of sulfonamides is 1. The number of fused-ring (bicyclic) bond motifs is 1. The van der Waals surface area contributed by atoms with Crippen LogP contribution in [0, 0.1) is 5.92 Å². The lowest BCUT2D eigenvalue weighted by molar-refractivity contribution is -0.148. The van der Waals surface area contributed by atoms with Crippen molar-refractivity contribution in [3.8, 4) is 17.2 Å². The topological polar surface area (TPSA) is 104 Å². The monoisotopic (exact) mass is 670 g/mol. The molecule has 0 N–H and O–H groups in total. The number of hydrogen-bond acceptors (Lipinski definition) is 7. The fraction of sp³-hybridized carbons (Fsp3) is 0.219. The van der Waals surface area contributed by atoms with Crippen LogP contribution >= 0.6 is 11.6 Å². The van der Waals surface area contributed by atoms with Crippen molar-refractivity contribution >= 4 is 38.3 Å². The molecular formula is C32H26ClF3N4O5S. The van der Waals surface area contributed by atoms with Crippen molar-refractivity contribution in [2.75, 3.05) is 18.5 Å². The van der Waals surface area contributed by atoms with Crippen LogP contribution in [0.4, 0.5) is 19.0 Å². The van der Waals surface area contributed by atoms with Crippen LogP contribution in [0.1, 0.15) is 23.5 Å². The Morgan fingerprint density at radius 2 is 1.76 bits per heavy atom. The Balaban J connectivity index is 1.42. The molecule has 2 unspecified atom stereocenters. The van der Waals surface area contributed by atoms with Crippen molar-refractivity contribution in [3.05, 3.63) is 112 Å². The van der Waals surface area contributed by atoms with Crippen LogP contribution < -0.4 is 19.3 Å². The van der Waals surface area contributed by atoms with Crippen molar-refractivity contribution in [2.24, 2.45) is 5.92 Å². The number of rotatable bonds is 9. The molecule has 9 nitrogen and oxygen atoms in total. The maximum Gasteiger partial charge on any atom is 0.392 e. The van der Waals surface area contributed by atoms with Gasteiger partial charge in [-0.25, -0.2) is 12.7 Å². The van der Waals surface area contributed by atoms with Crippen LogP contribution in [0.3, 0.4) is 0 Å². The summed E-state index contributed by atoms with van der Waals surface area (Å²) in [6, 6.07) is 19.9. The Kier molecular flexibility index (Phi) is 8.15. The van der Waals surface area contributed by atoms with Crippen molar-refractivity contribution in [1.82, 2.24) is 14.8 Å². The number of hydrogen-bond donors (Lipinski definition) is 0. The van der Waals surface area contributed by atoms with E-state index in [9.17, 15) is 26.4 Å². The Hall–Kier alpha value is -4.62. The second kappa shape index (κ2) is 12.0. The van der Waals surface area contributed by atoms with Gasteiger partial charge in [-0.2, -0.15) is 18.3 Å². The van der Waals surface area contributed by atoms with Gasteiger partial charge in [-0.3, -0.25) is 9.36 Å². The first kappa shape index (κ1) is 31.4. The zero-order chi connectivity index (χ0) is 32.8. The van der Waals surface area contributed by atoms with Gasteiger partial charge in [0.05, 0.1) is 42.8 Å². The second-order valence-corrected chi connectivity index (χ2v) is 13.0. The molecule has 0 spiro atoms. The van der Waals surface area contributed by atoms with Crippen LogP contribution in [0.2, 0.25) is 5.02 Å². The number of halogens is 4.